The zero-order valence-corrected chi connectivity index (χ0v) is 22.8. The maximum absolute atomic E-state index is 5.79. The van der Waals surface area contributed by atoms with Crippen LogP contribution in [-0.2, 0) is 0 Å². The molecule has 3 aromatic rings. The zero-order chi connectivity index (χ0) is 25.9. The second-order valence-electron chi connectivity index (χ2n) is 10.3. The Morgan fingerprint density at radius 2 is 1.32 bits per heavy atom. The van der Waals surface area contributed by atoms with Crippen LogP contribution in [0.5, 0.6) is 5.75 Å². The van der Waals surface area contributed by atoms with Crippen LogP contribution in [0, 0.1) is 36.5 Å². The highest BCUT2D eigenvalue weighted by Gasteiger charge is 2.37. The van der Waals surface area contributed by atoms with Crippen LogP contribution in [0.4, 0.5) is 0 Å². The van der Waals surface area contributed by atoms with Gasteiger partial charge >= 0.3 is 0 Å². The molecule has 0 heterocycles. The van der Waals surface area contributed by atoms with Crippen molar-refractivity contribution >= 4 is 0 Å². The van der Waals surface area contributed by atoms with E-state index in [0.717, 1.165) is 58.4 Å². The molecule has 0 amide bonds. The fraction of sp³-hybridized carbons (Fsp3) is 0.389. The van der Waals surface area contributed by atoms with Gasteiger partial charge in [-0.2, -0.15) is 0 Å². The molecule has 0 spiro atoms. The Balaban J connectivity index is 1.31. The van der Waals surface area contributed by atoms with Gasteiger partial charge in [0.15, 0.2) is 0 Å². The molecule has 2 atom stereocenters. The summed E-state index contributed by atoms with van der Waals surface area (Å²) in [7, 11) is 0. The average Bonchev–Trinajstić information content (AvgIpc) is 3.70. The molecule has 0 aromatic heterocycles. The molecule has 3 aromatic carbocycles. The van der Waals surface area contributed by atoms with E-state index >= 15 is 0 Å². The van der Waals surface area contributed by atoms with E-state index in [2.05, 4.69) is 86.9 Å². The molecule has 1 aliphatic carbocycles. The van der Waals surface area contributed by atoms with Crippen molar-refractivity contribution in [3.63, 3.8) is 0 Å². The van der Waals surface area contributed by atoms with Crippen molar-refractivity contribution in [2.75, 3.05) is 6.61 Å². The summed E-state index contributed by atoms with van der Waals surface area (Å²) in [5.41, 5.74) is 6.76. The highest BCUT2D eigenvalue weighted by Crippen LogP contribution is 2.50. The molecule has 1 fully saturated rings. The minimum atomic E-state index is 0.775. The molecule has 1 nitrogen and oxygen atoms in total. The lowest BCUT2D eigenvalue weighted by molar-refractivity contribution is 0.306. The number of benzene rings is 3. The summed E-state index contributed by atoms with van der Waals surface area (Å²) in [4.78, 5) is 0. The molecule has 190 valence electrons. The number of ether oxygens (including phenoxy) is 1. The molecule has 0 aliphatic heterocycles. The van der Waals surface area contributed by atoms with Crippen molar-refractivity contribution < 1.29 is 4.74 Å². The molecule has 37 heavy (non-hydrogen) atoms. The molecule has 0 N–H and O–H groups in total. The van der Waals surface area contributed by atoms with Gasteiger partial charge in [-0.25, -0.2) is 0 Å². The van der Waals surface area contributed by atoms with Gasteiger partial charge in [0.1, 0.15) is 5.75 Å². The third-order valence-corrected chi connectivity index (χ3v) is 7.23. The van der Waals surface area contributed by atoms with E-state index in [-0.39, 0.29) is 0 Å². The van der Waals surface area contributed by atoms with Gasteiger partial charge in [0, 0.05) is 22.3 Å². The summed E-state index contributed by atoms with van der Waals surface area (Å²) in [5, 5.41) is 0. The topological polar surface area (TPSA) is 9.23 Å². The van der Waals surface area contributed by atoms with Crippen molar-refractivity contribution in [1.82, 2.24) is 0 Å². The standard InChI is InChI=1S/C36H40O/c1-4-6-8-10-34-27-36(34)33-21-14-29(15-22-33)11-12-31-16-20-32(28(3)26-31)19-13-30-17-23-35(24-18-30)37-25-9-7-5-2/h14-18,20-24,26,34,36H,4-10,25,27H2,1-3H3. The van der Waals surface area contributed by atoms with E-state index in [4.69, 9.17) is 4.74 Å². The fourth-order valence-electron chi connectivity index (χ4n) is 4.79. The van der Waals surface area contributed by atoms with Crippen LogP contribution in [0.3, 0.4) is 0 Å². The molecule has 1 aliphatic rings. The summed E-state index contributed by atoms with van der Waals surface area (Å²) in [5.74, 6) is 15.8. The second-order valence-corrected chi connectivity index (χ2v) is 10.3. The van der Waals surface area contributed by atoms with Crippen molar-refractivity contribution in [2.45, 2.75) is 78.1 Å². The number of hydrogen-bond acceptors (Lipinski definition) is 1. The van der Waals surface area contributed by atoms with E-state index < -0.39 is 0 Å². The zero-order valence-electron chi connectivity index (χ0n) is 22.8. The smallest absolute Gasteiger partial charge is 0.119 e. The minimum absolute atomic E-state index is 0.775. The molecular formula is C36H40O. The van der Waals surface area contributed by atoms with Crippen molar-refractivity contribution in [3.05, 3.63) is 100 Å². The molecule has 4 rings (SSSR count). The Bertz CT molecular complexity index is 1260. The Labute approximate surface area is 224 Å². The van der Waals surface area contributed by atoms with Gasteiger partial charge in [-0.1, -0.05) is 81.8 Å². The molecule has 1 heteroatoms. The fourth-order valence-corrected chi connectivity index (χ4v) is 4.79. The third-order valence-electron chi connectivity index (χ3n) is 7.23. The van der Waals surface area contributed by atoms with E-state index in [1.165, 1.54) is 50.5 Å². The van der Waals surface area contributed by atoms with Crippen molar-refractivity contribution in [3.8, 4) is 29.4 Å². The summed E-state index contributed by atoms with van der Waals surface area (Å²) < 4.78 is 5.79. The van der Waals surface area contributed by atoms with E-state index in [0.29, 0.717) is 0 Å². The van der Waals surface area contributed by atoms with Gasteiger partial charge in [-0.05, 0) is 104 Å². The SMILES string of the molecule is CCCCCOc1ccc(C#Cc2ccc(C#Cc3ccc(C4CC4CCCCC)cc3)cc2C)cc1. The Hall–Kier alpha value is -3.42. The maximum Gasteiger partial charge on any atom is 0.119 e. The lowest BCUT2D eigenvalue weighted by Gasteiger charge is -2.05. The summed E-state index contributed by atoms with van der Waals surface area (Å²) in [6.45, 7) is 7.36. The first kappa shape index (κ1) is 26.6. The summed E-state index contributed by atoms with van der Waals surface area (Å²) in [6, 6.07) is 23.3. The number of unbranched alkanes of at least 4 members (excludes halogenated alkanes) is 4. The van der Waals surface area contributed by atoms with Crippen LogP contribution in [0.15, 0.2) is 66.7 Å². The lowest BCUT2D eigenvalue weighted by atomic mass is 10.0. The van der Waals surface area contributed by atoms with Gasteiger partial charge in [-0.15, -0.1) is 0 Å². The van der Waals surface area contributed by atoms with Gasteiger partial charge < -0.3 is 4.74 Å². The Morgan fingerprint density at radius 3 is 2.03 bits per heavy atom. The molecule has 1 saturated carbocycles. The third kappa shape index (κ3) is 8.30. The van der Waals surface area contributed by atoms with Gasteiger partial charge in [0.25, 0.3) is 0 Å². The highest BCUT2D eigenvalue weighted by molar-refractivity contribution is 5.52. The van der Waals surface area contributed by atoms with E-state index in [1.807, 2.05) is 24.3 Å². The van der Waals surface area contributed by atoms with Crippen molar-refractivity contribution in [2.24, 2.45) is 5.92 Å². The number of aryl methyl sites for hydroxylation is 1. The van der Waals surface area contributed by atoms with E-state index in [9.17, 15) is 0 Å². The summed E-state index contributed by atoms with van der Waals surface area (Å²) in [6.07, 6.45) is 10.3. The van der Waals surface area contributed by atoms with Crippen LogP contribution in [0.1, 0.15) is 105 Å². The first-order valence-corrected chi connectivity index (χ1v) is 14.1. The quantitative estimate of drug-likeness (QED) is 0.204. The Morgan fingerprint density at radius 1 is 0.703 bits per heavy atom. The molecule has 0 radical (unpaired) electrons. The van der Waals surface area contributed by atoms with Crippen LogP contribution < -0.4 is 4.74 Å². The molecule has 0 bridgehead atoms. The largest absolute Gasteiger partial charge is 0.494 e. The van der Waals surface area contributed by atoms with Crippen LogP contribution in [0.25, 0.3) is 0 Å². The Kier molecular flexibility index (Phi) is 9.91. The monoisotopic (exact) mass is 488 g/mol. The predicted octanol–water partition coefficient (Wildman–Crippen LogP) is 9.05. The minimum Gasteiger partial charge on any atom is -0.494 e. The van der Waals surface area contributed by atoms with Gasteiger partial charge in [0.2, 0.25) is 0 Å². The van der Waals surface area contributed by atoms with Crippen LogP contribution in [0.2, 0.25) is 0 Å². The average molecular weight is 489 g/mol. The highest BCUT2D eigenvalue weighted by atomic mass is 16.5. The molecular weight excluding hydrogens is 448 g/mol. The lowest BCUT2D eigenvalue weighted by Crippen LogP contribution is -1.96. The normalized spacial score (nSPS) is 15.8. The summed E-state index contributed by atoms with van der Waals surface area (Å²) >= 11 is 0. The van der Waals surface area contributed by atoms with Crippen molar-refractivity contribution in [1.29, 1.82) is 0 Å². The van der Waals surface area contributed by atoms with Gasteiger partial charge in [0.05, 0.1) is 6.61 Å². The first-order valence-electron chi connectivity index (χ1n) is 14.1. The number of rotatable bonds is 10. The van der Waals surface area contributed by atoms with Crippen LogP contribution >= 0.6 is 0 Å². The first-order chi connectivity index (χ1) is 18.2. The van der Waals surface area contributed by atoms with Crippen LogP contribution in [-0.4, -0.2) is 6.61 Å². The predicted molar refractivity (Wildman–Crippen MR) is 156 cm³/mol. The molecule has 2 unspecified atom stereocenters. The van der Waals surface area contributed by atoms with Gasteiger partial charge in [-0.3, -0.25) is 0 Å². The van der Waals surface area contributed by atoms with E-state index in [1.54, 1.807) is 0 Å². The number of hydrogen-bond donors (Lipinski definition) is 0. The molecule has 0 saturated heterocycles. The second kappa shape index (κ2) is 13.8. The maximum atomic E-state index is 5.79.